The van der Waals surface area contributed by atoms with Crippen LogP contribution in [0.25, 0.3) is 0 Å². The number of likely N-dealkylation sites (tertiary alicyclic amines) is 1. The van der Waals surface area contributed by atoms with Gasteiger partial charge >= 0.3 is 6.03 Å². The van der Waals surface area contributed by atoms with Gasteiger partial charge in [-0.2, -0.15) is 0 Å². The first-order valence-electron chi connectivity index (χ1n) is 6.92. The molecule has 114 valence electrons. The molecule has 0 saturated carbocycles. The fraction of sp³-hybridized carbons (Fsp3) is 0.500. The van der Waals surface area contributed by atoms with E-state index in [1.165, 1.54) is 14.0 Å². The van der Waals surface area contributed by atoms with Crippen LogP contribution in [0.3, 0.4) is 0 Å². The van der Waals surface area contributed by atoms with Crippen molar-refractivity contribution < 1.29 is 14.3 Å². The number of carbonyl (C=O) groups is 2. The highest BCUT2D eigenvalue weighted by molar-refractivity contribution is 5.90. The van der Waals surface area contributed by atoms with Crippen molar-refractivity contribution in [3.05, 3.63) is 18.3 Å². The quantitative estimate of drug-likeness (QED) is 0.877. The minimum atomic E-state index is -0.212. The van der Waals surface area contributed by atoms with Gasteiger partial charge in [-0.25, -0.2) is 9.78 Å². The molecule has 2 heterocycles. The Bertz CT molecular complexity index is 521. The van der Waals surface area contributed by atoms with Crippen molar-refractivity contribution >= 4 is 17.6 Å². The molecule has 1 saturated heterocycles. The molecule has 1 atom stereocenters. The molecule has 1 aliphatic rings. The summed E-state index contributed by atoms with van der Waals surface area (Å²) in [4.78, 5) is 29.1. The number of nitrogens with zero attached hydrogens (tertiary/aromatic N) is 2. The Balaban J connectivity index is 1.98. The summed E-state index contributed by atoms with van der Waals surface area (Å²) < 4.78 is 5.11. The number of rotatable bonds is 3. The third-order valence-corrected chi connectivity index (χ3v) is 3.32. The van der Waals surface area contributed by atoms with Gasteiger partial charge in [0.25, 0.3) is 0 Å². The van der Waals surface area contributed by atoms with Crippen LogP contribution < -0.4 is 15.4 Å². The maximum atomic E-state index is 12.3. The Morgan fingerprint density at radius 2 is 2.29 bits per heavy atom. The van der Waals surface area contributed by atoms with Crippen LogP contribution in [0, 0.1) is 0 Å². The van der Waals surface area contributed by atoms with Crippen molar-refractivity contribution in [1.29, 1.82) is 0 Å². The van der Waals surface area contributed by atoms with E-state index in [2.05, 4.69) is 15.6 Å². The number of ether oxygens (including phenoxy) is 1. The standard InChI is InChI=1S/C14H20N4O3/c1-10(19)16-11-5-4-8-18(9-11)14(20)17-12-6-3-7-15-13(12)21-2/h3,6-7,11H,4-5,8-9H2,1-2H3,(H,16,19)(H,17,20). The summed E-state index contributed by atoms with van der Waals surface area (Å²) in [5, 5.41) is 5.65. The number of hydrogen-bond acceptors (Lipinski definition) is 4. The zero-order valence-corrected chi connectivity index (χ0v) is 12.3. The molecule has 0 aromatic carbocycles. The molecule has 0 radical (unpaired) electrons. The highest BCUT2D eigenvalue weighted by Gasteiger charge is 2.24. The maximum Gasteiger partial charge on any atom is 0.322 e. The molecule has 3 amide bonds. The van der Waals surface area contributed by atoms with E-state index in [0.717, 1.165) is 12.8 Å². The molecule has 1 unspecified atom stereocenters. The van der Waals surface area contributed by atoms with Crippen molar-refractivity contribution in [3.63, 3.8) is 0 Å². The molecule has 1 aromatic rings. The summed E-state index contributed by atoms with van der Waals surface area (Å²) >= 11 is 0. The molecule has 7 heteroatoms. The maximum absolute atomic E-state index is 12.3. The number of anilines is 1. The highest BCUT2D eigenvalue weighted by Crippen LogP contribution is 2.21. The Hall–Kier alpha value is -2.31. The van der Waals surface area contributed by atoms with Gasteiger partial charge in [-0.05, 0) is 25.0 Å². The Kier molecular flexibility index (Phi) is 4.97. The van der Waals surface area contributed by atoms with Crippen LogP contribution in [0.5, 0.6) is 5.88 Å². The summed E-state index contributed by atoms with van der Waals surface area (Å²) in [6.07, 6.45) is 3.35. The lowest BCUT2D eigenvalue weighted by molar-refractivity contribution is -0.119. The molecule has 0 spiro atoms. The summed E-state index contributed by atoms with van der Waals surface area (Å²) in [7, 11) is 1.51. The third-order valence-electron chi connectivity index (χ3n) is 3.32. The van der Waals surface area contributed by atoms with Crippen molar-refractivity contribution in [2.24, 2.45) is 0 Å². The molecule has 21 heavy (non-hydrogen) atoms. The minimum Gasteiger partial charge on any atom is -0.480 e. The Morgan fingerprint density at radius 1 is 1.48 bits per heavy atom. The summed E-state index contributed by atoms with van der Waals surface area (Å²) in [5.41, 5.74) is 0.534. The number of piperidine rings is 1. The van der Waals surface area contributed by atoms with Gasteiger partial charge in [0, 0.05) is 32.3 Å². The third kappa shape index (κ3) is 4.08. The monoisotopic (exact) mass is 292 g/mol. The van der Waals surface area contributed by atoms with Crippen molar-refractivity contribution in [2.45, 2.75) is 25.8 Å². The van der Waals surface area contributed by atoms with Gasteiger partial charge in [-0.3, -0.25) is 4.79 Å². The number of methoxy groups -OCH3 is 1. The summed E-state index contributed by atoms with van der Waals surface area (Å²) in [6.45, 7) is 2.66. The number of urea groups is 1. The van der Waals surface area contributed by atoms with Gasteiger partial charge in [0.2, 0.25) is 11.8 Å². The van der Waals surface area contributed by atoms with Crippen LogP contribution >= 0.6 is 0 Å². The van der Waals surface area contributed by atoms with Gasteiger partial charge in [0.1, 0.15) is 5.69 Å². The van der Waals surface area contributed by atoms with E-state index in [1.807, 2.05) is 0 Å². The second-order valence-electron chi connectivity index (χ2n) is 4.98. The molecule has 2 rings (SSSR count). The molecule has 0 bridgehead atoms. The van der Waals surface area contributed by atoms with E-state index in [4.69, 9.17) is 4.74 Å². The van der Waals surface area contributed by atoms with Gasteiger partial charge in [-0.15, -0.1) is 0 Å². The zero-order valence-electron chi connectivity index (χ0n) is 12.3. The fourth-order valence-electron chi connectivity index (χ4n) is 2.41. The second-order valence-corrected chi connectivity index (χ2v) is 4.98. The van der Waals surface area contributed by atoms with Crippen LogP contribution in [0.2, 0.25) is 0 Å². The SMILES string of the molecule is COc1ncccc1NC(=O)N1CCCC(NC(C)=O)C1. The lowest BCUT2D eigenvalue weighted by Gasteiger charge is -2.33. The largest absolute Gasteiger partial charge is 0.480 e. The van der Waals surface area contributed by atoms with Gasteiger partial charge in [0.15, 0.2) is 0 Å². The Labute approximate surface area is 123 Å². The van der Waals surface area contributed by atoms with Crippen LogP contribution in [-0.2, 0) is 4.79 Å². The molecular formula is C14H20N4O3. The van der Waals surface area contributed by atoms with E-state index in [-0.39, 0.29) is 18.0 Å². The first-order chi connectivity index (χ1) is 10.1. The van der Waals surface area contributed by atoms with Crippen molar-refractivity contribution in [1.82, 2.24) is 15.2 Å². The van der Waals surface area contributed by atoms with Crippen LogP contribution in [0.4, 0.5) is 10.5 Å². The zero-order chi connectivity index (χ0) is 15.2. The van der Waals surface area contributed by atoms with E-state index in [9.17, 15) is 9.59 Å². The summed E-state index contributed by atoms with van der Waals surface area (Å²) in [5.74, 6) is 0.303. The molecule has 1 aliphatic heterocycles. The molecule has 0 aliphatic carbocycles. The first kappa shape index (κ1) is 15.1. The Morgan fingerprint density at radius 3 is 3.00 bits per heavy atom. The topological polar surface area (TPSA) is 83.6 Å². The average Bonchev–Trinajstić information content (AvgIpc) is 2.47. The van der Waals surface area contributed by atoms with Crippen LogP contribution in [-0.4, -0.2) is 48.1 Å². The van der Waals surface area contributed by atoms with E-state index in [0.29, 0.717) is 24.7 Å². The molecule has 2 N–H and O–H groups in total. The van der Waals surface area contributed by atoms with Crippen LogP contribution in [0.1, 0.15) is 19.8 Å². The number of aromatic nitrogens is 1. The number of hydrogen-bond donors (Lipinski definition) is 2. The fourth-order valence-corrected chi connectivity index (χ4v) is 2.41. The number of pyridine rings is 1. The highest BCUT2D eigenvalue weighted by atomic mass is 16.5. The average molecular weight is 292 g/mol. The van der Waals surface area contributed by atoms with E-state index >= 15 is 0 Å². The number of nitrogens with one attached hydrogen (secondary N) is 2. The van der Waals surface area contributed by atoms with E-state index in [1.54, 1.807) is 23.2 Å². The van der Waals surface area contributed by atoms with Gasteiger partial charge < -0.3 is 20.3 Å². The first-order valence-corrected chi connectivity index (χ1v) is 6.92. The lowest BCUT2D eigenvalue weighted by atomic mass is 10.1. The van der Waals surface area contributed by atoms with Crippen molar-refractivity contribution in [3.8, 4) is 5.88 Å². The smallest absolute Gasteiger partial charge is 0.322 e. The second kappa shape index (κ2) is 6.92. The van der Waals surface area contributed by atoms with Gasteiger partial charge in [0.05, 0.1) is 7.11 Å². The number of carbonyl (C=O) groups excluding carboxylic acids is 2. The minimum absolute atomic E-state index is 0.0118. The van der Waals surface area contributed by atoms with Crippen LogP contribution in [0.15, 0.2) is 18.3 Å². The van der Waals surface area contributed by atoms with Crippen molar-refractivity contribution in [2.75, 3.05) is 25.5 Å². The molecule has 1 aromatic heterocycles. The molecule has 7 nitrogen and oxygen atoms in total. The predicted molar refractivity (Wildman–Crippen MR) is 78.2 cm³/mol. The van der Waals surface area contributed by atoms with E-state index < -0.39 is 0 Å². The molecule has 1 fully saturated rings. The summed E-state index contributed by atoms with van der Waals surface area (Å²) in [6, 6.07) is 3.27. The number of amides is 3. The molecular weight excluding hydrogens is 272 g/mol. The predicted octanol–water partition coefficient (Wildman–Crippen LogP) is 1.22. The van der Waals surface area contributed by atoms with Gasteiger partial charge in [-0.1, -0.05) is 0 Å². The normalized spacial score (nSPS) is 18.0. The lowest BCUT2D eigenvalue weighted by Crippen LogP contribution is -2.50.